The highest BCUT2D eigenvalue weighted by Crippen LogP contribution is 2.26. The number of rotatable bonds is 3. The van der Waals surface area contributed by atoms with Gasteiger partial charge in [0, 0.05) is 0 Å². The first-order valence-electron chi connectivity index (χ1n) is 5.22. The Hall–Kier alpha value is -2.02. The zero-order chi connectivity index (χ0) is 13.3. The highest BCUT2D eigenvalue weighted by Gasteiger charge is 2.17. The number of phenols is 1. The van der Waals surface area contributed by atoms with Crippen LogP contribution in [0.25, 0.3) is 0 Å². The number of H-pyrrole nitrogens is 1. The third-order valence-electron chi connectivity index (χ3n) is 2.55. The molecule has 1 aromatic carbocycles. The van der Waals surface area contributed by atoms with Crippen molar-refractivity contribution in [2.75, 3.05) is 4.72 Å². The molecule has 0 fully saturated rings. The van der Waals surface area contributed by atoms with Gasteiger partial charge in [-0.25, -0.2) is 0 Å². The number of benzene rings is 1. The second-order valence-corrected chi connectivity index (χ2v) is 5.63. The molecule has 0 radical (unpaired) electrons. The summed E-state index contributed by atoms with van der Waals surface area (Å²) in [5.41, 5.74) is 1.67. The fraction of sp³-hybridized carbons (Fsp3) is 0.182. The Morgan fingerprint density at radius 2 is 2.00 bits per heavy atom. The molecule has 0 aliphatic carbocycles. The van der Waals surface area contributed by atoms with Crippen LogP contribution in [0.4, 0.5) is 5.69 Å². The quantitative estimate of drug-likeness (QED) is 0.735. The smallest absolute Gasteiger partial charge is 0.278 e. The fourth-order valence-corrected chi connectivity index (χ4v) is 2.54. The van der Waals surface area contributed by atoms with E-state index in [-0.39, 0.29) is 10.8 Å². The molecule has 2 rings (SSSR count). The summed E-state index contributed by atoms with van der Waals surface area (Å²) in [5.74, 6) is 0.136. The summed E-state index contributed by atoms with van der Waals surface area (Å²) in [6.07, 6.45) is 1.36. The molecular formula is C11H13N3O3S. The number of anilines is 1. The Kier molecular flexibility index (Phi) is 3.00. The molecule has 1 heterocycles. The number of sulfonamides is 1. The van der Waals surface area contributed by atoms with Crippen molar-refractivity contribution in [2.45, 2.75) is 18.9 Å². The van der Waals surface area contributed by atoms with Crippen LogP contribution in [0.15, 0.2) is 29.4 Å². The standard InChI is InChI=1S/C11H13N3O3S/c1-7-6-10(15)8(2)5-9(7)14-18(16,17)11-3-4-12-13-11/h3-6,14-15H,1-2H3,(H,12,13). The van der Waals surface area contributed by atoms with Gasteiger partial charge in [-0.1, -0.05) is 0 Å². The van der Waals surface area contributed by atoms with Crippen molar-refractivity contribution in [2.24, 2.45) is 0 Å². The first kappa shape index (κ1) is 12.4. The van der Waals surface area contributed by atoms with Gasteiger partial charge < -0.3 is 5.11 Å². The molecule has 0 aliphatic heterocycles. The lowest BCUT2D eigenvalue weighted by molar-refractivity contribution is 0.471. The average Bonchev–Trinajstić information content (AvgIpc) is 2.79. The molecule has 0 spiro atoms. The second kappa shape index (κ2) is 4.34. The van der Waals surface area contributed by atoms with Gasteiger partial charge >= 0.3 is 0 Å². The largest absolute Gasteiger partial charge is 0.508 e. The van der Waals surface area contributed by atoms with Gasteiger partial charge in [0.1, 0.15) is 5.75 Å². The van der Waals surface area contributed by atoms with E-state index < -0.39 is 10.0 Å². The van der Waals surface area contributed by atoms with Crippen LogP contribution in [0.3, 0.4) is 0 Å². The summed E-state index contributed by atoms with van der Waals surface area (Å²) in [6.45, 7) is 3.41. The van der Waals surface area contributed by atoms with E-state index in [1.165, 1.54) is 18.3 Å². The molecule has 96 valence electrons. The van der Waals surface area contributed by atoms with Crippen molar-refractivity contribution in [3.63, 3.8) is 0 Å². The predicted molar refractivity (Wildman–Crippen MR) is 67.0 cm³/mol. The molecule has 0 unspecified atom stereocenters. The molecule has 0 aliphatic rings. The first-order chi connectivity index (χ1) is 8.40. The van der Waals surface area contributed by atoms with Crippen molar-refractivity contribution in [3.8, 4) is 5.75 Å². The molecule has 2 aromatic rings. The van der Waals surface area contributed by atoms with Crippen LogP contribution >= 0.6 is 0 Å². The van der Waals surface area contributed by atoms with Gasteiger partial charge in [0.2, 0.25) is 0 Å². The lowest BCUT2D eigenvalue weighted by Gasteiger charge is -2.11. The normalized spacial score (nSPS) is 11.4. The first-order valence-corrected chi connectivity index (χ1v) is 6.71. The van der Waals surface area contributed by atoms with Crippen molar-refractivity contribution in [1.82, 2.24) is 10.2 Å². The van der Waals surface area contributed by atoms with Crippen LogP contribution in [-0.2, 0) is 10.0 Å². The average molecular weight is 267 g/mol. The molecule has 1 aromatic heterocycles. The fourth-order valence-electron chi connectivity index (χ4n) is 1.50. The number of hydrogen-bond donors (Lipinski definition) is 3. The maximum atomic E-state index is 12.0. The van der Waals surface area contributed by atoms with Crippen LogP contribution in [0.2, 0.25) is 0 Å². The second-order valence-electron chi connectivity index (χ2n) is 3.98. The number of aryl methyl sites for hydroxylation is 2. The monoisotopic (exact) mass is 267 g/mol. The van der Waals surface area contributed by atoms with Crippen molar-refractivity contribution in [3.05, 3.63) is 35.5 Å². The number of aromatic amines is 1. The minimum Gasteiger partial charge on any atom is -0.508 e. The molecule has 6 nitrogen and oxygen atoms in total. The van der Waals surface area contributed by atoms with E-state index in [1.54, 1.807) is 19.9 Å². The summed E-state index contributed by atoms with van der Waals surface area (Å²) in [6, 6.07) is 4.46. The Morgan fingerprint density at radius 3 is 2.61 bits per heavy atom. The van der Waals surface area contributed by atoms with E-state index in [0.717, 1.165) is 0 Å². The van der Waals surface area contributed by atoms with E-state index in [2.05, 4.69) is 14.9 Å². The third kappa shape index (κ3) is 2.30. The Bertz CT molecular complexity index is 663. The Morgan fingerprint density at radius 1 is 1.28 bits per heavy atom. The summed E-state index contributed by atoms with van der Waals surface area (Å²) in [5, 5.41) is 15.5. The van der Waals surface area contributed by atoms with E-state index >= 15 is 0 Å². The minimum atomic E-state index is -3.67. The van der Waals surface area contributed by atoms with Crippen molar-refractivity contribution < 1.29 is 13.5 Å². The lowest BCUT2D eigenvalue weighted by Crippen LogP contribution is -2.14. The number of phenolic OH excluding ortho intramolecular Hbond substituents is 1. The van der Waals surface area contributed by atoms with Gasteiger partial charge in [0.15, 0.2) is 5.03 Å². The number of nitrogens with one attached hydrogen (secondary N) is 2. The lowest BCUT2D eigenvalue weighted by atomic mass is 10.1. The van der Waals surface area contributed by atoms with Gasteiger partial charge in [-0.3, -0.25) is 9.82 Å². The van der Waals surface area contributed by atoms with Crippen LogP contribution in [0.5, 0.6) is 5.75 Å². The molecule has 0 saturated heterocycles. The summed E-state index contributed by atoms with van der Waals surface area (Å²) in [4.78, 5) is 0. The van der Waals surface area contributed by atoms with E-state index in [9.17, 15) is 13.5 Å². The molecule has 18 heavy (non-hydrogen) atoms. The third-order valence-corrected chi connectivity index (χ3v) is 3.85. The minimum absolute atomic E-state index is 0.00683. The maximum absolute atomic E-state index is 12.0. The number of aromatic nitrogens is 2. The summed E-state index contributed by atoms with van der Waals surface area (Å²) in [7, 11) is -3.67. The van der Waals surface area contributed by atoms with Crippen LogP contribution in [-0.4, -0.2) is 23.7 Å². The SMILES string of the molecule is Cc1cc(NS(=O)(=O)c2ccn[nH]2)c(C)cc1O. The van der Waals surface area contributed by atoms with E-state index in [4.69, 9.17) is 0 Å². The molecule has 0 amide bonds. The molecule has 7 heteroatoms. The van der Waals surface area contributed by atoms with Crippen LogP contribution in [0.1, 0.15) is 11.1 Å². The highest BCUT2D eigenvalue weighted by atomic mass is 32.2. The van der Waals surface area contributed by atoms with Crippen LogP contribution in [0, 0.1) is 13.8 Å². The van der Waals surface area contributed by atoms with E-state index in [1.807, 2.05) is 0 Å². The van der Waals surface area contributed by atoms with Crippen LogP contribution < -0.4 is 4.72 Å². The zero-order valence-electron chi connectivity index (χ0n) is 9.93. The van der Waals surface area contributed by atoms with Crippen molar-refractivity contribution >= 4 is 15.7 Å². The molecule has 3 N–H and O–H groups in total. The molecule has 0 saturated carbocycles. The predicted octanol–water partition coefficient (Wildman–Crippen LogP) is 1.53. The van der Waals surface area contributed by atoms with Gasteiger partial charge in [-0.05, 0) is 43.2 Å². The molecular weight excluding hydrogens is 254 g/mol. The summed E-state index contributed by atoms with van der Waals surface area (Å²) >= 11 is 0. The summed E-state index contributed by atoms with van der Waals surface area (Å²) < 4.78 is 26.4. The molecule has 0 atom stereocenters. The highest BCUT2D eigenvalue weighted by molar-refractivity contribution is 7.92. The Labute approximate surface area is 105 Å². The van der Waals surface area contributed by atoms with Crippen molar-refractivity contribution in [1.29, 1.82) is 0 Å². The van der Waals surface area contributed by atoms with Gasteiger partial charge in [-0.2, -0.15) is 13.5 Å². The van der Waals surface area contributed by atoms with E-state index in [0.29, 0.717) is 16.8 Å². The molecule has 0 bridgehead atoms. The Balaban J connectivity index is 2.39. The maximum Gasteiger partial charge on any atom is 0.278 e. The van der Waals surface area contributed by atoms with Gasteiger partial charge in [0.25, 0.3) is 10.0 Å². The van der Waals surface area contributed by atoms with Gasteiger partial charge in [-0.15, -0.1) is 0 Å². The topological polar surface area (TPSA) is 95.1 Å². The zero-order valence-corrected chi connectivity index (χ0v) is 10.7. The number of hydrogen-bond acceptors (Lipinski definition) is 4. The van der Waals surface area contributed by atoms with Gasteiger partial charge in [0.05, 0.1) is 11.9 Å². The number of nitrogens with zero attached hydrogens (tertiary/aromatic N) is 1. The number of aromatic hydroxyl groups is 1.